The first-order chi connectivity index (χ1) is 14.0. The quantitative estimate of drug-likeness (QED) is 0.692. The van der Waals surface area contributed by atoms with E-state index in [-0.39, 0.29) is 24.8 Å². The van der Waals surface area contributed by atoms with Gasteiger partial charge in [-0.3, -0.25) is 14.5 Å². The van der Waals surface area contributed by atoms with Gasteiger partial charge in [0.2, 0.25) is 0 Å². The van der Waals surface area contributed by atoms with Crippen molar-refractivity contribution in [2.45, 2.75) is 6.92 Å². The first-order valence-electron chi connectivity index (χ1n) is 9.15. The average molecular weight is 396 g/mol. The zero-order chi connectivity index (χ0) is 21.0. The molecular weight excluding hydrogens is 372 g/mol. The van der Waals surface area contributed by atoms with Crippen molar-refractivity contribution in [1.82, 2.24) is 4.90 Å². The molecule has 0 atom stereocenters. The zero-order valence-electron chi connectivity index (χ0n) is 16.9. The van der Waals surface area contributed by atoms with Crippen LogP contribution in [0.15, 0.2) is 48.2 Å². The number of carbonyl (C=O) groups excluding carboxylic acids is 2. The van der Waals surface area contributed by atoms with Crippen molar-refractivity contribution in [2.75, 3.05) is 39.8 Å². The Balaban J connectivity index is 2.08. The van der Waals surface area contributed by atoms with Crippen LogP contribution in [0.4, 0.5) is 5.69 Å². The van der Waals surface area contributed by atoms with Crippen LogP contribution in [0, 0.1) is 6.92 Å². The Morgan fingerprint density at radius 2 is 1.66 bits per heavy atom. The number of ether oxygens (including phenoxy) is 3. The molecule has 0 aromatic heterocycles. The van der Waals surface area contributed by atoms with E-state index >= 15 is 0 Å². The van der Waals surface area contributed by atoms with Gasteiger partial charge in [0.1, 0.15) is 17.2 Å². The van der Waals surface area contributed by atoms with Crippen molar-refractivity contribution in [1.29, 1.82) is 0 Å². The molecule has 0 fully saturated rings. The molecule has 1 heterocycles. The van der Waals surface area contributed by atoms with E-state index in [1.54, 1.807) is 25.3 Å². The standard InChI is InChI=1S/C22H24N2O5/c1-14-5-7-15(8-6-14)19-20(22(26)24(21(19)25)11-12-27-2)23-17-13-16(28-3)9-10-18(17)29-4/h5-10,13,23H,11-12H2,1-4H3. The molecule has 0 bridgehead atoms. The van der Waals surface area contributed by atoms with E-state index in [0.717, 1.165) is 5.56 Å². The summed E-state index contributed by atoms with van der Waals surface area (Å²) >= 11 is 0. The number of imide groups is 1. The van der Waals surface area contributed by atoms with Crippen molar-refractivity contribution >= 4 is 23.1 Å². The van der Waals surface area contributed by atoms with E-state index in [1.807, 2.05) is 31.2 Å². The third-order valence-corrected chi connectivity index (χ3v) is 4.69. The topological polar surface area (TPSA) is 77.1 Å². The van der Waals surface area contributed by atoms with Crippen molar-refractivity contribution in [3.05, 3.63) is 59.3 Å². The lowest BCUT2D eigenvalue weighted by molar-refractivity contribution is -0.137. The van der Waals surface area contributed by atoms with E-state index in [4.69, 9.17) is 14.2 Å². The molecule has 1 aliphatic rings. The largest absolute Gasteiger partial charge is 0.497 e. The molecule has 0 radical (unpaired) electrons. The molecule has 0 saturated carbocycles. The summed E-state index contributed by atoms with van der Waals surface area (Å²) in [6, 6.07) is 12.7. The van der Waals surface area contributed by atoms with Gasteiger partial charge in [-0.2, -0.15) is 0 Å². The monoisotopic (exact) mass is 396 g/mol. The molecule has 2 amide bonds. The molecule has 2 aromatic carbocycles. The fraction of sp³-hybridized carbons (Fsp3) is 0.273. The van der Waals surface area contributed by atoms with Gasteiger partial charge in [0.25, 0.3) is 11.8 Å². The summed E-state index contributed by atoms with van der Waals surface area (Å²) < 4.78 is 15.7. The average Bonchev–Trinajstić information content (AvgIpc) is 2.96. The SMILES string of the molecule is COCCN1C(=O)C(Nc2cc(OC)ccc2OC)=C(c2ccc(C)cc2)C1=O. The van der Waals surface area contributed by atoms with Crippen LogP contribution >= 0.6 is 0 Å². The molecule has 3 rings (SSSR count). The van der Waals surface area contributed by atoms with Gasteiger partial charge in [-0.1, -0.05) is 29.8 Å². The van der Waals surface area contributed by atoms with Gasteiger partial charge in [-0.05, 0) is 24.6 Å². The Labute approximate surface area is 169 Å². The highest BCUT2D eigenvalue weighted by atomic mass is 16.5. The van der Waals surface area contributed by atoms with Crippen LogP contribution in [0.25, 0.3) is 5.57 Å². The summed E-state index contributed by atoms with van der Waals surface area (Å²) in [5.74, 6) is 0.351. The minimum absolute atomic E-state index is 0.171. The smallest absolute Gasteiger partial charge is 0.278 e. The number of carbonyl (C=O) groups is 2. The molecule has 29 heavy (non-hydrogen) atoms. The minimum Gasteiger partial charge on any atom is -0.497 e. The normalized spacial score (nSPS) is 13.9. The van der Waals surface area contributed by atoms with E-state index in [1.165, 1.54) is 19.1 Å². The number of amides is 2. The van der Waals surface area contributed by atoms with E-state index in [9.17, 15) is 9.59 Å². The number of anilines is 1. The number of nitrogens with zero attached hydrogens (tertiary/aromatic N) is 1. The first kappa shape index (κ1) is 20.4. The third-order valence-electron chi connectivity index (χ3n) is 4.69. The lowest BCUT2D eigenvalue weighted by Crippen LogP contribution is -2.35. The lowest BCUT2D eigenvalue weighted by atomic mass is 10.0. The highest BCUT2D eigenvalue weighted by Gasteiger charge is 2.39. The maximum Gasteiger partial charge on any atom is 0.278 e. The maximum absolute atomic E-state index is 13.1. The van der Waals surface area contributed by atoms with Crippen LogP contribution in [0.1, 0.15) is 11.1 Å². The Morgan fingerprint density at radius 1 is 0.931 bits per heavy atom. The molecule has 0 spiro atoms. The Kier molecular flexibility index (Phi) is 6.19. The number of hydrogen-bond donors (Lipinski definition) is 1. The molecule has 1 N–H and O–H groups in total. The molecular formula is C22H24N2O5. The predicted octanol–water partition coefficient (Wildman–Crippen LogP) is 2.85. The summed E-state index contributed by atoms with van der Waals surface area (Å²) in [6.07, 6.45) is 0. The van der Waals surface area contributed by atoms with Crippen LogP contribution in [0.5, 0.6) is 11.5 Å². The highest BCUT2D eigenvalue weighted by molar-refractivity contribution is 6.36. The maximum atomic E-state index is 13.1. The summed E-state index contributed by atoms with van der Waals surface area (Å²) in [7, 11) is 4.62. The van der Waals surface area contributed by atoms with Crippen molar-refractivity contribution in [2.24, 2.45) is 0 Å². The number of methoxy groups -OCH3 is 3. The zero-order valence-corrected chi connectivity index (χ0v) is 16.9. The highest BCUT2D eigenvalue weighted by Crippen LogP contribution is 2.35. The molecule has 152 valence electrons. The summed E-state index contributed by atoms with van der Waals surface area (Å²) in [6.45, 7) is 2.39. The number of hydrogen-bond acceptors (Lipinski definition) is 6. The lowest BCUT2D eigenvalue weighted by Gasteiger charge is -2.15. The first-order valence-corrected chi connectivity index (χ1v) is 9.15. The van der Waals surface area contributed by atoms with Gasteiger partial charge in [-0.15, -0.1) is 0 Å². The Hall–Kier alpha value is -3.32. The van der Waals surface area contributed by atoms with E-state index in [2.05, 4.69) is 5.32 Å². The van der Waals surface area contributed by atoms with Gasteiger partial charge in [0, 0.05) is 13.2 Å². The minimum atomic E-state index is -0.410. The molecule has 0 unspecified atom stereocenters. The number of nitrogens with one attached hydrogen (secondary N) is 1. The summed E-state index contributed by atoms with van der Waals surface area (Å²) in [4.78, 5) is 27.4. The Bertz CT molecular complexity index is 950. The van der Waals surface area contributed by atoms with Crippen molar-refractivity contribution in [3.8, 4) is 11.5 Å². The second-order valence-corrected chi connectivity index (χ2v) is 6.56. The number of aryl methyl sites for hydroxylation is 1. The molecule has 1 aliphatic heterocycles. The van der Waals surface area contributed by atoms with Crippen LogP contribution in [0.2, 0.25) is 0 Å². The van der Waals surface area contributed by atoms with Crippen LogP contribution in [0.3, 0.4) is 0 Å². The van der Waals surface area contributed by atoms with Gasteiger partial charge >= 0.3 is 0 Å². The molecule has 0 saturated heterocycles. The van der Waals surface area contributed by atoms with Gasteiger partial charge in [-0.25, -0.2) is 0 Å². The van der Waals surface area contributed by atoms with Crippen LogP contribution < -0.4 is 14.8 Å². The van der Waals surface area contributed by atoms with Crippen LogP contribution in [-0.2, 0) is 14.3 Å². The van der Waals surface area contributed by atoms with Gasteiger partial charge < -0.3 is 19.5 Å². The van der Waals surface area contributed by atoms with E-state index < -0.39 is 5.91 Å². The van der Waals surface area contributed by atoms with E-state index in [0.29, 0.717) is 28.3 Å². The van der Waals surface area contributed by atoms with Gasteiger partial charge in [0.05, 0.1) is 38.6 Å². The van der Waals surface area contributed by atoms with Crippen LogP contribution in [-0.4, -0.2) is 51.2 Å². The van der Waals surface area contributed by atoms with Gasteiger partial charge in [0.15, 0.2) is 0 Å². The second kappa shape index (κ2) is 8.79. The van der Waals surface area contributed by atoms with Crippen molar-refractivity contribution < 1.29 is 23.8 Å². The number of benzene rings is 2. The fourth-order valence-corrected chi connectivity index (χ4v) is 3.11. The van der Waals surface area contributed by atoms with Crippen molar-refractivity contribution in [3.63, 3.8) is 0 Å². The molecule has 7 heteroatoms. The number of rotatable bonds is 8. The summed E-state index contributed by atoms with van der Waals surface area (Å²) in [5, 5.41) is 3.11. The second-order valence-electron chi connectivity index (χ2n) is 6.56. The fourth-order valence-electron chi connectivity index (χ4n) is 3.11. The summed E-state index contributed by atoms with van der Waals surface area (Å²) in [5.41, 5.74) is 2.77. The Morgan fingerprint density at radius 3 is 2.28 bits per heavy atom. The molecule has 2 aromatic rings. The predicted molar refractivity (Wildman–Crippen MR) is 110 cm³/mol. The third kappa shape index (κ3) is 4.09. The molecule has 0 aliphatic carbocycles. The molecule has 7 nitrogen and oxygen atoms in total.